The molecule has 0 fully saturated rings. The Morgan fingerprint density at radius 1 is 0.627 bits per heavy atom. The Bertz CT molecular complexity index is 1060. The molecule has 0 bridgehead atoms. The summed E-state index contributed by atoms with van der Waals surface area (Å²) >= 11 is 0. The Kier molecular flexibility index (Phi) is 32.0. The number of quaternary nitrogens is 1. The SMILES string of the molecule is CC/C=C\C/C=C\C/C=C\C/C=C\CCC(=O)OC(COC(=O)CCCCCCC/C=C\CCCCCCC)COP(=O)([O-])OCC[N+](C)(C)C. The lowest BCUT2D eigenvalue weighted by atomic mass is 10.1. The standard InChI is InChI=1S/C41H72NO8P/c1-6-8-10-12-14-16-18-20-22-23-25-27-29-31-33-40(43)47-37-39(38-49-51(45,46)48-36-35-42(3,4)5)50-41(44)34-32-30-28-26-24-21-19-17-15-13-11-9-7-2/h9,11,15,17-18,20-21,24,28,30,39H,6-8,10,12-14,16,19,22-23,25-27,29,31-38H2,1-5H3/b11-9-,17-15-,20-18-,24-21-,30-28-. The molecule has 9 nitrogen and oxygen atoms in total. The summed E-state index contributed by atoms with van der Waals surface area (Å²) < 4.78 is 33.6. The summed E-state index contributed by atoms with van der Waals surface area (Å²) in [6.45, 7) is 3.97. The number of likely N-dealkylation sites (N-methyl/N-ethyl adjacent to an activating group) is 1. The number of unbranched alkanes of at least 4 members (excludes halogenated alkanes) is 10. The number of allylic oxidation sites excluding steroid dienone is 10. The zero-order valence-electron chi connectivity index (χ0n) is 32.8. The minimum atomic E-state index is -4.64. The quantitative estimate of drug-likeness (QED) is 0.0211. The molecule has 2 atom stereocenters. The number of rotatable bonds is 34. The van der Waals surface area contributed by atoms with Gasteiger partial charge in [-0.1, -0.05) is 120 Å². The average molecular weight is 738 g/mol. The van der Waals surface area contributed by atoms with Crippen LogP contribution in [0.15, 0.2) is 60.8 Å². The zero-order valence-corrected chi connectivity index (χ0v) is 33.7. The molecule has 0 rings (SSSR count). The van der Waals surface area contributed by atoms with Gasteiger partial charge >= 0.3 is 11.9 Å². The molecular formula is C41H72NO8P. The van der Waals surface area contributed by atoms with E-state index in [-0.39, 0.29) is 26.1 Å². The van der Waals surface area contributed by atoms with Gasteiger partial charge in [-0.3, -0.25) is 14.2 Å². The highest BCUT2D eigenvalue weighted by Gasteiger charge is 2.21. The van der Waals surface area contributed by atoms with Crippen LogP contribution >= 0.6 is 7.82 Å². The number of phosphoric ester groups is 1. The summed E-state index contributed by atoms with van der Waals surface area (Å²) in [5.41, 5.74) is 0. The fourth-order valence-corrected chi connectivity index (χ4v) is 5.45. The number of carbonyl (C=O) groups excluding carboxylic acids is 2. The highest BCUT2D eigenvalue weighted by molar-refractivity contribution is 7.45. The molecule has 51 heavy (non-hydrogen) atoms. The third kappa shape index (κ3) is 37.3. The van der Waals surface area contributed by atoms with Gasteiger partial charge in [-0.05, 0) is 64.2 Å². The first kappa shape index (κ1) is 48.7. The summed E-state index contributed by atoms with van der Waals surface area (Å²) in [4.78, 5) is 37.3. The maximum absolute atomic E-state index is 12.6. The van der Waals surface area contributed by atoms with E-state index >= 15 is 0 Å². The van der Waals surface area contributed by atoms with Gasteiger partial charge in [-0.15, -0.1) is 0 Å². The maximum atomic E-state index is 12.6. The Morgan fingerprint density at radius 3 is 1.75 bits per heavy atom. The molecule has 0 N–H and O–H groups in total. The van der Waals surface area contributed by atoms with Crippen LogP contribution in [0.4, 0.5) is 0 Å². The van der Waals surface area contributed by atoms with E-state index in [0.717, 1.165) is 57.8 Å². The maximum Gasteiger partial charge on any atom is 0.306 e. The number of hydrogen-bond acceptors (Lipinski definition) is 8. The molecule has 0 spiro atoms. The third-order valence-corrected chi connectivity index (χ3v) is 8.75. The second-order valence-electron chi connectivity index (χ2n) is 13.9. The Balaban J connectivity index is 4.56. The summed E-state index contributed by atoms with van der Waals surface area (Å²) in [6, 6.07) is 0. The second kappa shape index (κ2) is 33.5. The van der Waals surface area contributed by atoms with Crippen molar-refractivity contribution in [2.24, 2.45) is 0 Å². The van der Waals surface area contributed by atoms with Crippen LogP contribution in [-0.4, -0.2) is 70.0 Å². The average Bonchev–Trinajstić information content (AvgIpc) is 3.07. The van der Waals surface area contributed by atoms with E-state index in [1.807, 2.05) is 33.3 Å². The molecule has 0 radical (unpaired) electrons. The smallest absolute Gasteiger partial charge is 0.306 e. The van der Waals surface area contributed by atoms with Crippen LogP contribution in [-0.2, 0) is 32.7 Å². The van der Waals surface area contributed by atoms with Gasteiger partial charge in [0.25, 0.3) is 7.82 Å². The van der Waals surface area contributed by atoms with E-state index < -0.39 is 32.5 Å². The van der Waals surface area contributed by atoms with Crippen molar-refractivity contribution < 1.29 is 42.1 Å². The minimum Gasteiger partial charge on any atom is -0.756 e. The fraction of sp³-hybridized carbons (Fsp3) is 0.707. The van der Waals surface area contributed by atoms with Gasteiger partial charge < -0.3 is 27.9 Å². The van der Waals surface area contributed by atoms with E-state index in [0.29, 0.717) is 23.9 Å². The van der Waals surface area contributed by atoms with Gasteiger partial charge in [0.2, 0.25) is 0 Å². The van der Waals surface area contributed by atoms with E-state index in [2.05, 4.69) is 62.5 Å². The van der Waals surface area contributed by atoms with Gasteiger partial charge in [-0.25, -0.2) is 0 Å². The van der Waals surface area contributed by atoms with Crippen LogP contribution in [0, 0.1) is 0 Å². The molecule has 294 valence electrons. The molecule has 10 heteroatoms. The molecule has 0 saturated carbocycles. The number of nitrogens with zero attached hydrogens (tertiary/aromatic N) is 1. The Labute approximate surface area is 311 Å². The van der Waals surface area contributed by atoms with Crippen molar-refractivity contribution in [3.63, 3.8) is 0 Å². The largest absolute Gasteiger partial charge is 0.756 e. The van der Waals surface area contributed by atoms with Crippen molar-refractivity contribution in [1.29, 1.82) is 0 Å². The van der Waals surface area contributed by atoms with E-state index in [4.69, 9.17) is 18.5 Å². The van der Waals surface area contributed by atoms with Crippen LogP contribution in [0.2, 0.25) is 0 Å². The molecule has 0 aromatic heterocycles. The first-order chi connectivity index (χ1) is 24.5. The topological polar surface area (TPSA) is 111 Å². The van der Waals surface area contributed by atoms with Crippen LogP contribution in [0.25, 0.3) is 0 Å². The van der Waals surface area contributed by atoms with Crippen molar-refractivity contribution in [2.45, 2.75) is 142 Å². The zero-order chi connectivity index (χ0) is 37.9. The van der Waals surface area contributed by atoms with Crippen LogP contribution < -0.4 is 4.89 Å². The summed E-state index contributed by atoms with van der Waals surface area (Å²) in [6.07, 6.45) is 38.4. The molecule has 2 unspecified atom stereocenters. The monoisotopic (exact) mass is 737 g/mol. The predicted octanol–water partition coefficient (Wildman–Crippen LogP) is 9.88. The van der Waals surface area contributed by atoms with Crippen molar-refractivity contribution in [3.8, 4) is 0 Å². The summed E-state index contributed by atoms with van der Waals surface area (Å²) in [7, 11) is 1.11. The molecule has 0 saturated heterocycles. The number of esters is 2. The van der Waals surface area contributed by atoms with E-state index in [1.165, 1.54) is 38.5 Å². The highest BCUT2D eigenvalue weighted by atomic mass is 31.2. The summed E-state index contributed by atoms with van der Waals surface area (Å²) in [5.74, 6) is -0.946. The molecule has 0 aliphatic carbocycles. The minimum absolute atomic E-state index is 0.0471. The van der Waals surface area contributed by atoms with Gasteiger partial charge in [-0.2, -0.15) is 0 Å². The lowest BCUT2D eigenvalue weighted by molar-refractivity contribution is -0.870. The molecule has 0 amide bonds. The van der Waals surface area contributed by atoms with Gasteiger partial charge in [0.1, 0.15) is 19.8 Å². The lowest BCUT2D eigenvalue weighted by Crippen LogP contribution is -2.37. The third-order valence-electron chi connectivity index (χ3n) is 7.79. The first-order valence-electron chi connectivity index (χ1n) is 19.5. The number of phosphoric acid groups is 1. The molecule has 0 heterocycles. The predicted molar refractivity (Wildman–Crippen MR) is 208 cm³/mol. The molecule has 0 aromatic carbocycles. The van der Waals surface area contributed by atoms with Crippen LogP contribution in [0.3, 0.4) is 0 Å². The van der Waals surface area contributed by atoms with Gasteiger partial charge in [0, 0.05) is 12.8 Å². The van der Waals surface area contributed by atoms with Crippen LogP contribution in [0.5, 0.6) is 0 Å². The van der Waals surface area contributed by atoms with Gasteiger partial charge in [0.05, 0.1) is 27.7 Å². The Morgan fingerprint density at radius 2 is 1.16 bits per heavy atom. The summed E-state index contributed by atoms with van der Waals surface area (Å²) in [5, 5.41) is 0. The first-order valence-corrected chi connectivity index (χ1v) is 21.0. The highest BCUT2D eigenvalue weighted by Crippen LogP contribution is 2.38. The molecule has 0 aliphatic rings. The molecule has 0 aromatic rings. The fourth-order valence-electron chi connectivity index (χ4n) is 4.72. The number of carbonyl (C=O) groups is 2. The second-order valence-corrected chi connectivity index (χ2v) is 15.3. The van der Waals surface area contributed by atoms with Crippen molar-refractivity contribution >= 4 is 19.8 Å². The van der Waals surface area contributed by atoms with E-state index in [9.17, 15) is 19.0 Å². The Hall–Kier alpha value is -2.29. The number of hydrogen-bond donors (Lipinski definition) is 0. The van der Waals surface area contributed by atoms with E-state index in [1.54, 1.807) is 0 Å². The van der Waals surface area contributed by atoms with Crippen LogP contribution in [0.1, 0.15) is 136 Å². The normalized spacial score (nSPS) is 14.4. The molecular weight excluding hydrogens is 665 g/mol. The van der Waals surface area contributed by atoms with Crippen molar-refractivity contribution in [1.82, 2.24) is 0 Å². The lowest BCUT2D eigenvalue weighted by Gasteiger charge is -2.28. The van der Waals surface area contributed by atoms with Gasteiger partial charge in [0.15, 0.2) is 6.10 Å². The molecule has 0 aliphatic heterocycles. The van der Waals surface area contributed by atoms with Crippen molar-refractivity contribution in [2.75, 3.05) is 47.5 Å². The van der Waals surface area contributed by atoms with Crippen molar-refractivity contribution in [3.05, 3.63) is 60.8 Å². The number of ether oxygens (including phenoxy) is 2.